The third-order valence-corrected chi connectivity index (χ3v) is 1.99. The highest BCUT2D eigenvalue weighted by Gasteiger charge is 2.06. The quantitative estimate of drug-likeness (QED) is 0.565. The zero-order valence-electron chi connectivity index (χ0n) is 9.60. The molecule has 86 valence electrons. The Morgan fingerprint density at radius 2 is 2.06 bits per heavy atom. The van der Waals surface area contributed by atoms with Crippen molar-refractivity contribution in [2.75, 3.05) is 6.61 Å². The van der Waals surface area contributed by atoms with E-state index in [1.807, 2.05) is 31.2 Å². The summed E-state index contributed by atoms with van der Waals surface area (Å²) < 4.78 is 10.4. The Morgan fingerprint density at radius 1 is 1.44 bits per heavy atom. The lowest BCUT2D eigenvalue weighted by Gasteiger charge is -2.13. The first-order chi connectivity index (χ1) is 7.61. The van der Waals surface area contributed by atoms with E-state index in [4.69, 9.17) is 9.47 Å². The maximum Gasteiger partial charge on any atom is 0.330 e. The summed E-state index contributed by atoms with van der Waals surface area (Å²) in [5.74, 6) is 0.340. The average Bonchev–Trinajstić information content (AvgIpc) is 2.28. The highest BCUT2D eigenvalue weighted by Crippen LogP contribution is 2.11. The van der Waals surface area contributed by atoms with E-state index in [0.717, 1.165) is 11.8 Å². The van der Waals surface area contributed by atoms with Gasteiger partial charge in [-0.05, 0) is 26.0 Å². The smallest absolute Gasteiger partial charge is 0.330 e. The van der Waals surface area contributed by atoms with Crippen molar-refractivity contribution in [1.82, 2.24) is 0 Å². The number of esters is 1. The molecule has 0 saturated carbocycles. The van der Waals surface area contributed by atoms with Crippen molar-refractivity contribution in [3.05, 3.63) is 42.5 Å². The van der Waals surface area contributed by atoms with Crippen LogP contribution in [0.3, 0.4) is 0 Å². The van der Waals surface area contributed by atoms with Gasteiger partial charge in [-0.1, -0.05) is 24.3 Å². The molecule has 0 spiro atoms. The minimum absolute atomic E-state index is 0.285. The van der Waals surface area contributed by atoms with Crippen LogP contribution < -0.4 is 4.74 Å². The van der Waals surface area contributed by atoms with Crippen LogP contribution in [-0.2, 0) is 9.53 Å². The van der Waals surface area contributed by atoms with Crippen molar-refractivity contribution >= 4 is 5.97 Å². The van der Waals surface area contributed by atoms with Crippen LogP contribution in [0.2, 0.25) is 0 Å². The molecule has 0 bridgehead atoms. The zero-order chi connectivity index (χ0) is 12.0. The predicted octanol–water partition coefficient (Wildman–Crippen LogP) is 2.49. The molecule has 0 heterocycles. The summed E-state index contributed by atoms with van der Waals surface area (Å²) in [6.45, 7) is 7.45. The maximum absolute atomic E-state index is 10.9. The fraction of sp³-hybridized carbons (Fsp3) is 0.308. The molecule has 0 aliphatic rings. The second-order valence-electron chi connectivity index (χ2n) is 3.58. The van der Waals surface area contributed by atoms with E-state index >= 15 is 0 Å². The fourth-order valence-electron chi connectivity index (χ4n) is 1.13. The topological polar surface area (TPSA) is 35.5 Å². The van der Waals surface area contributed by atoms with Crippen molar-refractivity contribution in [3.8, 4) is 5.75 Å². The number of carbonyl (C=O) groups excluding carboxylic acids is 1. The Balaban J connectivity index is 2.36. The van der Waals surface area contributed by atoms with E-state index in [1.165, 1.54) is 5.56 Å². The summed E-state index contributed by atoms with van der Waals surface area (Å²) in [7, 11) is 0. The predicted molar refractivity (Wildman–Crippen MR) is 62.4 cm³/mol. The molecule has 0 amide bonds. The van der Waals surface area contributed by atoms with Crippen molar-refractivity contribution in [2.24, 2.45) is 0 Å². The van der Waals surface area contributed by atoms with Gasteiger partial charge in [0.1, 0.15) is 18.5 Å². The molecule has 1 atom stereocenters. The van der Waals surface area contributed by atoms with E-state index in [-0.39, 0.29) is 6.10 Å². The Hall–Kier alpha value is -1.77. The molecule has 0 N–H and O–H groups in total. The number of benzene rings is 1. The van der Waals surface area contributed by atoms with Crippen LogP contribution in [0.4, 0.5) is 0 Å². The van der Waals surface area contributed by atoms with Gasteiger partial charge in [0.25, 0.3) is 0 Å². The van der Waals surface area contributed by atoms with E-state index in [1.54, 1.807) is 6.92 Å². The van der Waals surface area contributed by atoms with Gasteiger partial charge in [-0.2, -0.15) is 0 Å². The second-order valence-corrected chi connectivity index (χ2v) is 3.58. The lowest BCUT2D eigenvalue weighted by Crippen LogP contribution is -2.20. The largest absolute Gasteiger partial charge is 0.490 e. The number of hydrogen-bond acceptors (Lipinski definition) is 3. The molecule has 0 aliphatic carbocycles. The lowest BCUT2D eigenvalue weighted by molar-refractivity contribution is -0.143. The summed E-state index contributed by atoms with van der Waals surface area (Å²) in [5, 5.41) is 0. The normalized spacial score (nSPS) is 11.6. The van der Waals surface area contributed by atoms with E-state index in [2.05, 4.69) is 6.58 Å². The first-order valence-electron chi connectivity index (χ1n) is 5.14. The van der Waals surface area contributed by atoms with E-state index < -0.39 is 5.97 Å². The van der Waals surface area contributed by atoms with Gasteiger partial charge in [0.15, 0.2) is 0 Å². The molecule has 3 nitrogen and oxygen atoms in total. The van der Waals surface area contributed by atoms with Crippen LogP contribution in [0.5, 0.6) is 5.75 Å². The van der Waals surface area contributed by atoms with Gasteiger partial charge in [0, 0.05) is 6.08 Å². The number of ether oxygens (including phenoxy) is 2. The summed E-state index contributed by atoms with van der Waals surface area (Å²) in [4.78, 5) is 10.9. The van der Waals surface area contributed by atoms with Crippen molar-refractivity contribution in [1.29, 1.82) is 0 Å². The van der Waals surface area contributed by atoms with Crippen LogP contribution in [0.25, 0.3) is 0 Å². The number of aryl methyl sites for hydroxylation is 1. The third-order valence-electron chi connectivity index (χ3n) is 1.99. The van der Waals surface area contributed by atoms with Gasteiger partial charge >= 0.3 is 5.97 Å². The fourth-order valence-corrected chi connectivity index (χ4v) is 1.13. The minimum Gasteiger partial charge on any atom is -0.490 e. The van der Waals surface area contributed by atoms with Crippen molar-refractivity contribution < 1.29 is 14.3 Å². The van der Waals surface area contributed by atoms with Crippen molar-refractivity contribution in [2.45, 2.75) is 20.0 Å². The highest BCUT2D eigenvalue weighted by molar-refractivity contribution is 5.81. The molecule has 1 aromatic rings. The first kappa shape index (κ1) is 12.3. The number of rotatable bonds is 5. The lowest BCUT2D eigenvalue weighted by atomic mass is 10.2. The third kappa shape index (κ3) is 4.17. The van der Waals surface area contributed by atoms with E-state index in [0.29, 0.717) is 6.61 Å². The molecule has 3 heteroatoms. The Labute approximate surface area is 95.7 Å². The van der Waals surface area contributed by atoms with Gasteiger partial charge in [-0.15, -0.1) is 0 Å². The van der Waals surface area contributed by atoms with Crippen LogP contribution in [0, 0.1) is 6.92 Å². The van der Waals surface area contributed by atoms with Crippen LogP contribution in [-0.4, -0.2) is 18.7 Å². The molecule has 0 aromatic heterocycles. The Kier molecular flexibility index (Phi) is 4.58. The first-order valence-corrected chi connectivity index (χ1v) is 5.14. The van der Waals surface area contributed by atoms with Gasteiger partial charge in [-0.25, -0.2) is 4.79 Å². The maximum atomic E-state index is 10.9. The Bertz CT molecular complexity index is 354. The molecule has 16 heavy (non-hydrogen) atoms. The molecule has 0 fully saturated rings. The monoisotopic (exact) mass is 220 g/mol. The van der Waals surface area contributed by atoms with Crippen LogP contribution in [0.15, 0.2) is 36.9 Å². The molecule has 0 radical (unpaired) electrons. The highest BCUT2D eigenvalue weighted by atomic mass is 16.6. The minimum atomic E-state index is -0.431. The molecular weight excluding hydrogens is 204 g/mol. The van der Waals surface area contributed by atoms with Crippen LogP contribution >= 0.6 is 0 Å². The number of carbonyl (C=O) groups is 1. The Morgan fingerprint density at radius 3 is 2.62 bits per heavy atom. The number of hydrogen-bond donors (Lipinski definition) is 0. The molecule has 0 aliphatic heterocycles. The van der Waals surface area contributed by atoms with E-state index in [9.17, 15) is 4.79 Å². The molecule has 1 rings (SSSR count). The summed E-state index contributed by atoms with van der Waals surface area (Å²) >= 11 is 0. The van der Waals surface area contributed by atoms with Gasteiger partial charge in [0.2, 0.25) is 0 Å². The molecule has 0 saturated heterocycles. The second kappa shape index (κ2) is 5.95. The molecular formula is C13H16O3. The summed E-state index contributed by atoms with van der Waals surface area (Å²) in [6, 6.07) is 7.71. The average molecular weight is 220 g/mol. The van der Waals surface area contributed by atoms with Crippen molar-refractivity contribution in [3.63, 3.8) is 0 Å². The summed E-state index contributed by atoms with van der Waals surface area (Å²) in [5.41, 5.74) is 1.18. The van der Waals surface area contributed by atoms with Gasteiger partial charge in [-0.3, -0.25) is 0 Å². The SMILES string of the molecule is C=CC(=O)OC(C)COc1ccc(C)cc1. The van der Waals surface area contributed by atoms with Gasteiger partial charge < -0.3 is 9.47 Å². The standard InChI is InChI=1S/C13H16O3/c1-4-13(14)16-11(3)9-15-12-7-5-10(2)6-8-12/h4-8,11H,1,9H2,2-3H3. The molecule has 1 unspecified atom stereocenters. The molecule has 1 aromatic carbocycles. The zero-order valence-corrected chi connectivity index (χ0v) is 9.60. The summed E-state index contributed by atoms with van der Waals surface area (Å²) in [6.07, 6.45) is 0.856. The van der Waals surface area contributed by atoms with Crippen LogP contribution in [0.1, 0.15) is 12.5 Å². The van der Waals surface area contributed by atoms with Gasteiger partial charge in [0.05, 0.1) is 0 Å².